The van der Waals surface area contributed by atoms with E-state index >= 15 is 0 Å². The van der Waals surface area contributed by atoms with E-state index in [0.29, 0.717) is 5.41 Å². The number of nitrogens with one attached hydrogen (secondary N) is 1. The van der Waals surface area contributed by atoms with Crippen LogP contribution in [0.25, 0.3) is 0 Å². The van der Waals surface area contributed by atoms with Crippen molar-refractivity contribution in [2.24, 2.45) is 5.41 Å². The van der Waals surface area contributed by atoms with Crippen LogP contribution in [-0.2, 0) is 0 Å². The Balaban J connectivity index is 1.81. The standard InChI is InChI=1S/C17H35N3/c1-5-17(6-2,13-18-15-7-8-15)14-20-11-9-16(10-12-20)19(3)4/h15-16,18H,5-14H2,1-4H3. The van der Waals surface area contributed by atoms with Crippen molar-refractivity contribution in [3.63, 3.8) is 0 Å². The first-order valence-electron chi connectivity index (χ1n) is 8.70. The van der Waals surface area contributed by atoms with E-state index in [2.05, 4.69) is 43.1 Å². The Kier molecular flexibility index (Phi) is 5.88. The average molecular weight is 281 g/mol. The predicted octanol–water partition coefficient (Wildman–Crippen LogP) is 2.57. The number of nitrogens with zero attached hydrogens (tertiary/aromatic N) is 2. The molecule has 20 heavy (non-hydrogen) atoms. The molecule has 3 heteroatoms. The quantitative estimate of drug-likeness (QED) is 0.738. The van der Waals surface area contributed by atoms with E-state index in [-0.39, 0.29) is 0 Å². The third-order valence-electron chi connectivity index (χ3n) is 5.69. The van der Waals surface area contributed by atoms with Gasteiger partial charge in [-0.05, 0) is 71.1 Å². The van der Waals surface area contributed by atoms with Crippen LogP contribution in [0.5, 0.6) is 0 Å². The zero-order valence-corrected chi connectivity index (χ0v) is 14.1. The van der Waals surface area contributed by atoms with Gasteiger partial charge in [-0.25, -0.2) is 0 Å². The zero-order chi connectivity index (χ0) is 14.6. The molecule has 2 aliphatic rings. The van der Waals surface area contributed by atoms with Crippen LogP contribution >= 0.6 is 0 Å². The van der Waals surface area contributed by atoms with Crippen molar-refractivity contribution >= 4 is 0 Å². The Morgan fingerprint density at radius 2 is 1.65 bits per heavy atom. The van der Waals surface area contributed by atoms with Crippen LogP contribution in [-0.4, -0.2) is 62.2 Å². The maximum Gasteiger partial charge on any atom is 0.0113 e. The second-order valence-corrected chi connectivity index (χ2v) is 7.33. The van der Waals surface area contributed by atoms with Crippen molar-refractivity contribution in [3.05, 3.63) is 0 Å². The third kappa shape index (κ3) is 4.44. The Bertz CT molecular complexity index is 274. The Labute approximate surface area is 126 Å². The van der Waals surface area contributed by atoms with E-state index in [4.69, 9.17) is 0 Å². The molecule has 1 saturated carbocycles. The molecule has 0 aromatic heterocycles. The van der Waals surface area contributed by atoms with Crippen molar-refractivity contribution in [1.82, 2.24) is 15.1 Å². The van der Waals surface area contributed by atoms with Gasteiger partial charge >= 0.3 is 0 Å². The highest BCUT2D eigenvalue weighted by molar-refractivity contribution is 4.89. The summed E-state index contributed by atoms with van der Waals surface area (Å²) >= 11 is 0. The Morgan fingerprint density at radius 1 is 1.05 bits per heavy atom. The molecule has 2 fully saturated rings. The van der Waals surface area contributed by atoms with Crippen LogP contribution in [0, 0.1) is 5.41 Å². The monoisotopic (exact) mass is 281 g/mol. The molecule has 118 valence electrons. The van der Waals surface area contributed by atoms with Gasteiger partial charge in [0.05, 0.1) is 0 Å². The van der Waals surface area contributed by atoms with Crippen molar-refractivity contribution < 1.29 is 0 Å². The molecule has 0 amide bonds. The lowest BCUT2D eigenvalue weighted by atomic mass is 9.81. The van der Waals surface area contributed by atoms with Gasteiger partial charge in [0.25, 0.3) is 0 Å². The lowest BCUT2D eigenvalue weighted by Crippen LogP contribution is -2.48. The van der Waals surface area contributed by atoms with Crippen molar-refractivity contribution in [3.8, 4) is 0 Å². The first-order valence-corrected chi connectivity index (χ1v) is 8.70. The van der Waals surface area contributed by atoms with Crippen molar-refractivity contribution in [2.75, 3.05) is 40.3 Å². The SMILES string of the molecule is CCC(CC)(CNC1CC1)CN1CCC(N(C)C)CC1. The van der Waals surface area contributed by atoms with Gasteiger partial charge in [-0.1, -0.05) is 13.8 Å². The fourth-order valence-electron chi connectivity index (χ4n) is 3.50. The van der Waals surface area contributed by atoms with Gasteiger partial charge in [0, 0.05) is 25.2 Å². The molecule has 0 atom stereocenters. The summed E-state index contributed by atoms with van der Waals surface area (Å²) in [6.07, 6.45) is 8.09. The molecule has 0 bridgehead atoms. The summed E-state index contributed by atoms with van der Waals surface area (Å²) in [4.78, 5) is 5.13. The molecule has 0 aromatic rings. The zero-order valence-electron chi connectivity index (χ0n) is 14.1. The van der Waals surface area contributed by atoms with E-state index in [1.807, 2.05) is 0 Å². The summed E-state index contributed by atoms with van der Waals surface area (Å²) in [5.74, 6) is 0. The normalized spacial score (nSPS) is 22.6. The van der Waals surface area contributed by atoms with Crippen molar-refractivity contribution in [1.29, 1.82) is 0 Å². The summed E-state index contributed by atoms with van der Waals surface area (Å²) in [6, 6.07) is 1.64. The maximum absolute atomic E-state index is 3.78. The third-order valence-corrected chi connectivity index (χ3v) is 5.69. The van der Waals surface area contributed by atoms with Crippen LogP contribution < -0.4 is 5.32 Å². The Morgan fingerprint density at radius 3 is 2.10 bits per heavy atom. The maximum atomic E-state index is 3.78. The second-order valence-electron chi connectivity index (χ2n) is 7.33. The summed E-state index contributed by atoms with van der Waals surface area (Å²) in [5.41, 5.74) is 0.494. The molecule has 2 rings (SSSR count). The molecule has 1 aliphatic heterocycles. The van der Waals surface area contributed by atoms with Gasteiger partial charge < -0.3 is 15.1 Å². The molecular formula is C17H35N3. The molecule has 0 spiro atoms. The molecule has 0 aromatic carbocycles. The Hall–Kier alpha value is -0.120. The average Bonchev–Trinajstić information content (AvgIpc) is 3.28. The second kappa shape index (κ2) is 7.24. The molecular weight excluding hydrogens is 246 g/mol. The predicted molar refractivity (Wildman–Crippen MR) is 87.2 cm³/mol. The van der Waals surface area contributed by atoms with Gasteiger partial charge in [-0.15, -0.1) is 0 Å². The van der Waals surface area contributed by atoms with Crippen LogP contribution in [0.1, 0.15) is 52.4 Å². The largest absolute Gasteiger partial charge is 0.313 e. The number of rotatable bonds is 8. The van der Waals surface area contributed by atoms with Crippen molar-refractivity contribution in [2.45, 2.75) is 64.5 Å². The highest BCUT2D eigenvalue weighted by atomic mass is 15.2. The van der Waals surface area contributed by atoms with Crippen LogP contribution in [0.15, 0.2) is 0 Å². The summed E-state index contributed by atoms with van der Waals surface area (Å²) < 4.78 is 0. The minimum atomic E-state index is 0.494. The lowest BCUT2D eigenvalue weighted by molar-refractivity contribution is 0.0869. The molecule has 1 N–H and O–H groups in total. The fourth-order valence-corrected chi connectivity index (χ4v) is 3.50. The van der Waals surface area contributed by atoms with Crippen LogP contribution in [0.3, 0.4) is 0 Å². The lowest BCUT2D eigenvalue weighted by Gasteiger charge is -2.41. The molecule has 1 heterocycles. The van der Waals surface area contributed by atoms with E-state index < -0.39 is 0 Å². The smallest absolute Gasteiger partial charge is 0.0113 e. The highest BCUT2D eigenvalue weighted by Crippen LogP contribution is 2.30. The van der Waals surface area contributed by atoms with E-state index in [1.165, 1.54) is 64.7 Å². The molecule has 0 unspecified atom stereocenters. The molecule has 1 aliphatic carbocycles. The van der Waals surface area contributed by atoms with Gasteiger partial charge in [-0.3, -0.25) is 0 Å². The molecule has 1 saturated heterocycles. The summed E-state index contributed by atoms with van der Waals surface area (Å²) in [7, 11) is 4.45. The van der Waals surface area contributed by atoms with Gasteiger partial charge in [-0.2, -0.15) is 0 Å². The van der Waals surface area contributed by atoms with Gasteiger partial charge in [0.15, 0.2) is 0 Å². The number of hydrogen-bond donors (Lipinski definition) is 1. The van der Waals surface area contributed by atoms with E-state index in [1.54, 1.807) is 0 Å². The molecule has 3 nitrogen and oxygen atoms in total. The van der Waals surface area contributed by atoms with E-state index in [0.717, 1.165) is 12.1 Å². The first kappa shape index (κ1) is 16.3. The minimum Gasteiger partial charge on any atom is -0.313 e. The highest BCUT2D eigenvalue weighted by Gasteiger charge is 2.33. The van der Waals surface area contributed by atoms with Crippen LogP contribution in [0.4, 0.5) is 0 Å². The van der Waals surface area contributed by atoms with Gasteiger partial charge in [0.2, 0.25) is 0 Å². The van der Waals surface area contributed by atoms with E-state index in [9.17, 15) is 0 Å². The number of piperidine rings is 1. The number of hydrogen-bond acceptors (Lipinski definition) is 3. The molecule has 0 radical (unpaired) electrons. The minimum absolute atomic E-state index is 0.494. The first-order chi connectivity index (χ1) is 9.58. The topological polar surface area (TPSA) is 18.5 Å². The van der Waals surface area contributed by atoms with Crippen LogP contribution in [0.2, 0.25) is 0 Å². The van der Waals surface area contributed by atoms with Gasteiger partial charge in [0.1, 0.15) is 0 Å². The number of likely N-dealkylation sites (tertiary alicyclic amines) is 1. The summed E-state index contributed by atoms with van der Waals surface area (Å²) in [6.45, 7) is 9.84. The fraction of sp³-hybridized carbons (Fsp3) is 1.00. The summed E-state index contributed by atoms with van der Waals surface area (Å²) in [5, 5.41) is 3.78.